The van der Waals surface area contributed by atoms with Crippen molar-refractivity contribution in [3.63, 3.8) is 0 Å². The SMILES string of the molecule is C=CCCC(=O)C1(C)CCCCO1. The van der Waals surface area contributed by atoms with E-state index in [1.165, 1.54) is 0 Å². The molecule has 0 spiro atoms. The van der Waals surface area contributed by atoms with Crippen molar-refractivity contribution in [1.82, 2.24) is 0 Å². The zero-order valence-electron chi connectivity index (χ0n) is 8.34. The van der Waals surface area contributed by atoms with Crippen molar-refractivity contribution in [3.05, 3.63) is 12.7 Å². The number of carbonyl (C=O) groups excluding carboxylic acids is 1. The molecule has 1 saturated heterocycles. The summed E-state index contributed by atoms with van der Waals surface area (Å²) in [6, 6.07) is 0. The highest BCUT2D eigenvalue weighted by Crippen LogP contribution is 2.26. The first-order valence-corrected chi connectivity index (χ1v) is 4.97. The van der Waals surface area contributed by atoms with Crippen LogP contribution in [0.5, 0.6) is 0 Å². The molecule has 1 fully saturated rings. The molecule has 1 unspecified atom stereocenters. The van der Waals surface area contributed by atoms with Gasteiger partial charge in [0.15, 0.2) is 5.78 Å². The lowest BCUT2D eigenvalue weighted by atomic mass is 9.89. The lowest BCUT2D eigenvalue weighted by molar-refractivity contribution is -0.147. The van der Waals surface area contributed by atoms with E-state index in [4.69, 9.17) is 4.74 Å². The molecule has 1 rings (SSSR count). The summed E-state index contributed by atoms with van der Waals surface area (Å²) in [7, 11) is 0. The van der Waals surface area contributed by atoms with E-state index in [0.29, 0.717) is 6.42 Å². The van der Waals surface area contributed by atoms with Crippen molar-refractivity contribution in [2.24, 2.45) is 0 Å². The maximum atomic E-state index is 11.7. The quantitative estimate of drug-likeness (QED) is 0.624. The summed E-state index contributed by atoms with van der Waals surface area (Å²) in [5.74, 6) is 0.229. The Labute approximate surface area is 80.0 Å². The van der Waals surface area contributed by atoms with Crippen LogP contribution in [0.15, 0.2) is 12.7 Å². The standard InChI is InChI=1S/C11H18O2/c1-3-4-7-10(12)11(2)8-5-6-9-13-11/h3H,1,4-9H2,2H3. The number of rotatable bonds is 4. The normalized spacial score (nSPS) is 28.4. The number of ether oxygens (including phenoxy) is 1. The molecule has 1 aliphatic rings. The van der Waals surface area contributed by atoms with Crippen LogP contribution in [0.3, 0.4) is 0 Å². The van der Waals surface area contributed by atoms with Crippen molar-refractivity contribution in [2.75, 3.05) is 6.61 Å². The molecule has 2 nitrogen and oxygen atoms in total. The fourth-order valence-corrected chi connectivity index (χ4v) is 1.65. The van der Waals surface area contributed by atoms with Gasteiger partial charge in [-0.1, -0.05) is 6.08 Å². The van der Waals surface area contributed by atoms with Gasteiger partial charge in [0.05, 0.1) is 0 Å². The molecule has 2 heteroatoms. The Morgan fingerprint density at radius 1 is 1.62 bits per heavy atom. The van der Waals surface area contributed by atoms with Gasteiger partial charge in [-0.3, -0.25) is 4.79 Å². The molecule has 0 aliphatic carbocycles. The van der Waals surface area contributed by atoms with Crippen molar-refractivity contribution >= 4 is 5.78 Å². The van der Waals surface area contributed by atoms with Crippen molar-refractivity contribution < 1.29 is 9.53 Å². The Kier molecular flexibility index (Phi) is 3.67. The largest absolute Gasteiger partial charge is 0.368 e. The number of hydrogen-bond donors (Lipinski definition) is 0. The van der Waals surface area contributed by atoms with Crippen LogP contribution in [0, 0.1) is 0 Å². The molecular formula is C11H18O2. The molecule has 0 N–H and O–H groups in total. The Hall–Kier alpha value is -0.630. The Bertz CT molecular complexity index is 190. The van der Waals surface area contributed by atoms with Crippen LogP contribution < -0.4 is 0 Å². The highest BCUT2D eigenvalue weighted by molar-refractivity contribution is 5.87. The molecule has 0 aromatic carbocycles. The fourth-order valence-electron chi connectivity index (χ4n) is 1.65. The minimum Gasteiger partial charge on any atom is -0.368 e. The maximum absolute atomic E-state index is 11.7. The third-order valence-corrected chi connectivity index (χ3v) is 2.63. The van der Waals surface area contributed by atoms with Crippen LogP contribution in [0.2, 0.25) is 0 Å². The molecule has 1 aliphatic heterocycles. The topological polar surface area (TPSA) is 26.3 Å². The van der Waals surface area contributed by atoms with E-state index in [1.807, 2.05) is 6.92 Å². The van der Waals surface area contributed by atoms with Gasteiger partial charge in [0.1, 0.15) is 5.60 Å². The Balaban J connectivity index is 2.46. The van der Waals surface area contributed by atoms with E-state index < -0.39 is 5.60 Å². The van der Waals surface area contributed by atoms with Crippen LogP contribution in [0.25, 0.3) is 0 Å². The zero-order valence-corrected chi connectivity index (χ0v) is 8.34. The fraction of sp³-hybridized carbons (Fsp3) is 0.727. The van der Waals surface area contributed by atoms with Gasteiger partial charge in [0.2, 0.25) is 0 Å². The highest BCUT2D eigenvalue weighted by Gasteiger charge is 2.34. The van der Waals surface area contributed by atoms with Crippen molar-refractivity contribution in [2.45, 2.75) is 44.6 Å². The lowest BCUT2D eigenvalue weighted by Crippen LogP contribution is -2.41. The lowest BCUT2D eigenvalue weighted by Gasteiger charge is -2.32. The van der Waals surface area contributed by atoms with E-state index in [0.717, 1.165) is 32.3 Å². The summed E-state index contributed by atoms with van der Waals surface area (Å²) in [6.07, 6.45) is 6.19. The molecule has 0 bridgehead atoms. The Morgan fingerprint density at radius 2 is 2.38 bits per heavy atom. The summed E-state index contributed by atoms with van der Waals surface area (Å²) in [5.41, 5.74) is -0.499. The monoisotopic (exact) mass is 182 g/mol. The van der Waals surface area contributed by atoms with Crippen LogP contribution >= 0.6 is 0 Å². The minimum atomic E-state index is -0.499. The van der Waals surface area contributed by atoms with E-state index in [1.54, 1.807) is 6.08 Å². The van der Waals surface area contributed by atoms with E-state index in [-0.39, 0.29) is 5.78 Å². The molecule has 0 amide bonds. The van der Waals surface area contributed by atoms with Gasteiger partial charge in [-0.25, -0.2) is 0 Å². The number of hydrogen-bond acceptors (Lipinski definition) is 2. The third kappa shape index (κ3) is 2.66. The van der Waals surface area contributed by atoms with Crippen molar-refractivity contribution in [1.29, 1.82) is 0 Å². The van der Waals surface area contributed by atoms with Gasteiger partial charge < -0.3 is 4.74 Å². The van der Waals surface area contributed by atoms with Gasteiger partial charge in [-0.2, -0.15) is 0 Å². The second-order valence-corrected chi connectivity index (χ2v) is 3.79. The van der Waals surface area contributed by atoms with Crippen LogP contribution in [0.1, 0.15) is 39.0 Å². The van der Waals surface area contributed by atoms with Crippen molar-refractivity contribution in [3.8, 4) is 0 Å². The maximum Gasteiger partial charge on any atom is 0.164 e. The van der Waals surface area contributed by atoms with Gasteiger partial charge in [0.25, 0.3) is 0 Å². The third-order valence-electron chi connectivity index (χ3n) is 2.63. The van der Waals surface area contributed by atoms with Gasteiger partial charge >= 0.3 is 0 Å². The molecule has 0 saturated carbocycles. The summed E-state index contributed by atoms with van der Waals surface area (Å²) < 4.78 is 5.54. The number of carbonyl (C=O) groups is 1. The van der Waals surface area contributed by atoms with Gasteiger partial charge in [-0.05, 0) is 32.6 Å². The van der Waals surface area contributed by atoms with Crippen LogP contribution in [-0.2, 0) is 9.53 Å². The highest BCUT2D eigenvalue weighted by atomic mass is 16.5. The van der Waals surface area contributed by atoms with Gasteiger partial charge in [-0.15, -0.1) is 6.58 Å². The summed E-state index contributed by atoms with van der Waals surface area (Å²) in [4.78, 5) is 11.7. The molecule has 0 aromatic rings. The first kappa shape index (κ1) is 10.5. The molecular weight excluding hydrogens is 164 g/mol. The predicted octanol–water partition coefficient (Wildman–Crippen LogP) is 2.48. The molecule has 13 heavy (non-hydrogen) atoms. The smallest absolute Gasteiger partial charge is 0.164 e. The van der Waals surface area contributed by atoms with E-state index >= 15 is 0 Å². The molecule has 74 valence electrons. The summed E-state index contributed by atoms with van der Waals surface area (Å²) >= 11 is 0. The molecule has 0 aromatic heterocycles. The summed E-state index contributed by atoms with van der Waals surface area (Å²) in [5, 5.41) is 0. The second-order valence-electron chi connectivity index (χ2n) is 3.79. The number of Topliss-reactive ketones (excluding diaryl/α,β-unsaturated/α-hetero) is 1. The van der Waals surface area contributed by atoms with Crippen LogP contribution in [-0.4, -0.2) is 18.0 Å². The molecule has 1 atom stereocenters. The van der Waals surface area contributed by atoms with Crippen LogP contribution in [0.4, 0.5) is 0 Å². The predicted molar refractivity (Wildman–Crippen MR) is 52.6 cm³/mol. The zero-order chi connectivity index (χ0) is 9.73. The average molecular weight is 182 g/mol. The number of ketones is 1. The molecule has 0 radical (unpaired) electrons. The first-order valence-electron chi connectivity index (χ1n) is 4.97. The minimum absolute atomic E-state index is 0.229. The molecule has 1 heterocycles. The summed E-state index contributed by atoms with van der Waals surface area (Å²) in [6.45, 7) is 6.25. The Morgan fingerprint density at radius 3 is 2.92 bits per heavy atom. The second kappa shape index (κ2) is 4.56. The first-order chi connectivity index (χ1) is 6.19. The van der Waals surface area contributed by atoms with E-state index in [9.17, 15) is 4.79 Å². The number of allylic oxidation sites excluding steroid dienone is 1. The van der Waals surface area contributed by atoms with E-state index in [2.05, 4.69) is 6.58 Å². The van der Waals surface area contributed by atoms with Gasteiger partial charge in [0, 0.05) is 13.0 Å². The average Bonchev–Trinajstić information content (AvgIpc) is 2.15.